The molecule has 2 heteroatoms. The molecule has 2 N–H and O–H groups in total. The van der Waals surface area contributed by atoms with Crippen molar-refractivity contribution in [1.29, 1.82) is 0 Å². The van der Waals surface area contributed by atoms with E-state index in [4.69, 9.17) is 0 Å². The van der Waals surface area contributed by atoms with Gasteiger partial charge in [-0.3, -0.25) is 0 Å². The standard InChI is InChI=1S/C18H26N2/c1-3-14-19-17-10-12-18(13-11-17,20-15-4-2)16-8-6-5-7-9-16/h3-9,17,19-20H,1-2,10-15H2. The lowest BCUT2D eigenvalue weighted by Gasteiger charge is -2.41. The third-order valence-electron chi connectivity index (χ3n) is 4.30. The Balaban J connectivity index is 2.07. The van der Waals surface area contributed by atoms with Crippen LogP contribution in [0.2, 0.25) is 0 Å². The van der Waals surface area contributed by atoms with Crippen LogP contribution in [0.3, 0.4) is 0 Å². The van der Waals surface area contributed by atoms with E-state index < -0.39 is 0 Å². The molecule has 1 aliphatic carbocycles. The van der Waals surface area contributed by atoms with E-state index in [1.807, 2.05) is 12.2 Å². The normalized spacial score (nSPS) is 26.1. The van der Waals surface area contributed by atoms with Crippen molar-refractivity contribution in [2.45, 2.75) is 37.3 Å². The summed E-state index contributed by atoms with van der Waals surface area (Å²) in [5.41, 5.74) is 1.52. The lowest BCUT2D eigenvalue weighted by atomic mass is 9.75. The fourth-order valence-electron chi connectivity index (χ4n) is 3.16. The summed E-state index contributed by atoms with van der Waals surface area (Å²) < 4.78 is 0. The lowest BCUT2D eigenvalue weighted by Crippen LogP contribution is -2.48. The van der Waals surface area contributed by atoms with Crippen LogP contribution >= 0.6 is 0 Å². The Hall–Kier alpha value is -1.38. The molecule has 0 aliphatic heterocycles. The first-order chi connectivity index (χ1) is 9.80. The predicted octanol–water partition coefficient (Wildman–Crippen LogP) is 3.38. The quantitative estimate of drug-likeness (QED) is 0.742. The Labute approximate surface area is 123 Å². The van der Waals surface area contributed by atoms with Gasteiger partial charge in [-0.05, 0) is 31.2 Å². The van der Waals surface area contributed by atoms with Crippen molar-refractivity contribution in [1.82, 2.24) is 10.6 Å². The van der Waals surface area contributed by atoms with Crippen LogP contribution in [0, 0.1) is 0 Å². The highest BCUT2D eigenvalue weighted by atomic mass is 15.0. The molecule has 1 saturated carbocycles. The van der Waals surface area contributed by atoms with Crippen molar-refractivity contribution in [3.8, 4) is 0 Å². The molecular weight excluding hydrogens is 244 g/mol. The Bertz CT molecular complexity index is 416. The van der Waals surface area contributed by atoms with E-state index in [-0.39, 0.29) is 5.54 Å². The van der Waals surface area contributed by atoms with Gasteiger partial charge in [0.15, 0.2) is 0 Å². The molecule has 0 radical (unpaired) electrons. The van der Waals surface area contributed by atoms with Gasteiger partial charge in [-0.15, -0.1) is 13.2 Å². The molecule has 0 saturated heterocycles. The Kier molecular flexibility index (Phi) is 5.57. The topological polar surface area (TPSA) is 24.1 Å². The van der Waals surface area contributed by atoms with Crippen molar-refractivity contribution in [3.63, 3.8) is 0 Å². The number of benzene rings is 1. The van der Waals surface area contributed by atoms with E-state index in [9.17, 15) is 0 Å². The van der Waals surface area contributed by atoms with Crippen LogP contribution in [0.25, 0.3) is 0 Å². The monoisotopic (exact) mass is 270 g/mol. The summed E-state index contributed by atoms with van der Waals surface area (Å²) in [6, 6.07) is 11.5. The molecule has 2 rings (SSSR count). The molecule has 20 heavy (non-hydrogen) atoms. The number of hydrogen-bond acceptors (Lipinski definition) is 2. The molecule has 0 aromatic heterocycles. The van der Waals surface area contributed by atoms with Gasteiger partial charge in [-0.25, -0.2) is 0 Å². The van der Waals surface area contributed by atoms with Crippen molar-refractivity contribution < 1.29 is 0 Å². The molecule has 1 aromatic rings. The van der Waals surface area contributed by atoms with E-state index in [1.165, 1.54) is 31.2 Å². The Morgan fingerprint density at radius 1 is 1.05 bits per heavy atom. The van der Waals surface area contributed by atoms with Gasteiger partial charge in [0.05, 0.1) is 0 Å². The van der Waals surface area contributed by atoms with Crippen LogP contribution in [-0.4, -0.2) is 19.1 Å². The maximum Gasteiger partial charge on any atom is 0.0438 e. The van der Waals surface area contributed by atoms with Crippen molar-refractivity contribution in [2.24, 2.45) is 0 Å². The smallest absolute Gasteiger partial charge is 0.0438 e. The third kappa shape index (κ3) is 3.59. The highest BCUT2D eigenvalue weighted by Gasteiger charge is 2.35. The summed E-state index contributed by atoms with van der Waals surface area (Å²) in [5.74, 6) is 0. The summed E-state index contributed by atoms with van der Waals surface area (Å²) in [6.45, 7) is 9.38. The molecule has 1 aliphatic rings. The number of hydrogen-bond donors (Lipinski definition) is 2. The first kappa shape index (κ1) is 15.0. The van der Waals surface area contributed by atoms with Gasteiger partial charge < -0.3 is 10.6 Å². The predicted molar refractivity (Wildman–Crippen MR) is 86.8 cm³/mol. The van der Waals surface area contributed by atoms with E-state index in [0.717, 1.165) is 13.1 Å². The van der Waals surface area contributed by atoms with Gasteiger partial charge >= 0.3 is 0 Å². The SMILES string of the molecule is C=CCNC1CCC(NCC=C)(c2ccccc2)CC1. The molecule has 0 atom stereocenters. The molecule has 0 bridgehead atoms. The summed E-state index contributed by atoms with van der Waals surface area (Å²) in [5, 5.41) is 7.26. The number of nitrogens with one attached hydrogen (secondary N) is 2. The van der Waals surface area contributed by atoms with Gasteiger partial charge in [0.2, 0.25) is 0 Å². The molecule has 2 nitrogen and oxygen atoms in total. The molecule has 0 amide bonds. The minimum atomic E-state index is 0.113. The maximum absolute atomic E-state index is 3.84. The van der Waals surface area contributed by atoms with Crippen LogP contribution < -0.4 is 10.6 Å². The van der Waals surface area contributed by atoms with E-state index >= 15 is 0 Å². The molecular formula is C18H26N2. The molecule has 1 fully saturated rings. The van der Waals surface area contributed by atoms with Crippen LogP contribution in [0.1, 0.15) is 31.2 Å². The minimum Gasteiger partial charge on any atom is -0.311 e. The first-order valence-electron chi connectivity index (χ1n) is 7.56. The minimum absolute atomic E-state index is 0.113. The second-order valence-corrected chi connectivity index (χ2v) is 5.59. The Morgan fingerprint density at radius 2 is 1.70 bits per heavy atom. The average Bonchev–Trinajstić information content (AvgIpc) is 2.53. The zero-order chi connectivity index (χ0) is 14.3. The van der Waals surface area contributed by atoms with Crippen LogP contribution in [-0.2, 0) is 5.54 Å². The molecule has 108 valence electrons. The lowest BCUT2D eigenvalue weighted by molar-refractivity contribution is 0.210. The van der Waals surface area contributed by atoms with Gasteiger partial charge in [-0.1, -0.05) is 42.5 Å². The first-order valence-corrected chi connectivity index (χ1v) is 7.56. The van der Waals surface area contributed by atoms with Crippen molar-refractivity contribution >= 4 is 0 Å². The summed E-state index contributed by atoms with van der Waals surface area (Å²) in [4.78, 5) is 0. The van der Waals surface area contributed by atoms with Crippen LogP contribution in [0.4, 0.5) is 0 Å². The van der Waals surface area contributed by atoms with Crippen molar-refractivity contribution in [3.05, 3.63) is 61.2 Å². The largest absolute Gasteiger partial charge is 0.311 e. The fourth-order valence-corrected chi connectivity index (χ4v) is 3.16. The maximum atomic E-state index is 3.84. The van der Waals surface area contributed by atoms with Gasteiger partial charge in [0.25, 0.3) is 0 Å². The van der Waals surface area contributed by atoms with E-state index in [1.54, 1.807) is 0 Å². The average molecular weight is 270 g/mol. The van der Waals surface area contributed by atoms with E-state index in [2.05, 4.69) is 54.1 Å². The molecule has 0 spiro atoms. The number of rotatable bonds is 7. The highest BCUT2D eigenvalue weighted by Crippen LogP contribution is 2.37. The summed E-state index contributed by atoms with van der Waals surface area (Å²) in [6.07, 6.45) is 8.63. The van der Waals surface area contributed by atoms with Crippen LogP contribution in [0.15, 0.2) is 55.6 Å². The second kappa shape index (κ2) is 7.41. The zero-order valence-electron chi connectivity index (χ0n) is 12.3. The molecule has 1 aromatic carbocycles. The molecule has 0 unspecified atom stereocenters. The van der Waals surface area contributed by atoms with Gasteiger partial charge in [0.1, 0.15) is 0 Å². The van der Waals surface area contributed by atoms with Crippen LogP contribution in [0.5, 0.6) is 0 Å². The zero-order valence-corrected chi connectivity index (χ0v) is 12.3. The summed E-state index contributed by atoms with van der Waals surface area (Å²) in [7, 11) is 0. The molecule has 0 heterocycles. The Morgan fingerprint density at radius 3 is 2.30 bits per heavy atom. The summed E-state index contributed by atoms with van der Waals surface area (Å²) >= 11 is 0. The van der Waals surface area contributed by atoms with E-state index in [0.29, 0.717) is 6.04 Å². The highest BCUT2D eigenvalue weighted by molar-refractivity contribution is 5.25. The van der Waals surface area contributed by atoms with Crippen molar-refractivity contribution in [2.75, 3.05) is 13.1 Å². The third-order valence-corrected chi connectivity index (χ3v) is 4.30. The van der Waals surface area contributed by atoms with Gasteiger partial charge in [0, 0.05) is 24.7 Å². The fraction of sp³-hybridized carbons (Fsp3) is 0.444. The van der Waals surface area contributed by atoms with Gasteiger partial charge in [-0.2, -0.15) is 0 Å². The second-order valence-electron chi connectivity index (χ2n) is 5.59.